The Morgan fingerprint density at radius 3 is 1.86 bits per heavy atom. The van der Waals surface area contributed by atoms with Gasteiger partial charge in [0.05, 0.1) is 38.8 Å². The van der Waals surface area contributed by atoms with Gasteiger partial charge >= 0.3 is 0 Å². The number of nitrogens with zero attached hydrogens (tertiary/aromatic N) is 6. The monoisotopic (exact) mass is 556 g/mol. The molecule has 2 aromatic rings. The van der Waals surface area contributed by atoms with Gasteiger partial charge in [-0.2, -0.15) is 4.98 Å². The van der Waals surface area contributed by atoms with Crippen molar-refractivity contribution in [2.45, 2.75) is 0 Å². The van der Waals surface area contributed by atoms with Gasteiger partial charge in [-0.25, -0.2) is 23.7 Å². The van der Waals surface area contributed by atoms with Crippen LogP contribution in [-0.4, -0.2) is 109 Å². The van der Waals surface area contributed by atoms with Crippen molar-refractivity contribution in [2.75, 3.05) is 84.1 Å². The molecule has 0 spiro atoms. The van der Waals surface area contributed by atoms with Gasteiger partial charge in [-0.1, -0.05) is 11.6 Å². The summed E-state index contributed by atoms with van der Waals surface area (Å²) in [6, 6.07) is 0. The van der Waals surface area contributed by atoms with Crippen LogP contribution in [0.2, 0.25) is 15.7 Å². The first-order valence-corrected chi connectivity index (χ1v) is 12.1. The van der Waals surface area contributed by atoms with Gasteiger partial charge in [0.1, 0.15) is 0 Å². The van der Waals surface area contributed by atoms with E-state index in [-0.39, 0.29) is 21.5 Å². The van der Waals surface area contributed by atoms with Gasteiger partial charge in [0.15, 0.2) is 22.6 Å². The zero-order chi connectivity index (χ0) is 25.5. The van der Waals surface area contributed by atoms with E-state index in [0.717, 1.165) is 84.6 Å². The Morgan fingerprint density at radius 1 is 0.829 bits per heavy atom. The van der Waals surface area contributed by atoms with E-state index in [9.17, 15) is 8.78 Å². The van der Waals surface area contributed by atoms with Gasteiger partial charge in [-0.15, -0.1) is 0 Å². The third-order valence-corrected chi connectivity index (χ3v) is 5.39. The van der Waals surface area contributed by atoms with E-state index in [2.05, 4.69) is 35.1 Å². The molecule has 2 aliphatic rings. The molecule has 0 amide bonds. The lowest BCUT2D eigenvalue weighted by Crippen LogP contribution is -2.39. The van der Waals surface area contributed by atoms with Crippen molar-refractivity contribution < 1.29 is 18.3 Å². The third kappa shape index (κ3) is 12.3. The Labute approximate surface area is 218 Å². The lowest BCUT2D eigenvalue weighted by Gasteiger charge is -2.26. The molecule has 0 aromatic carbocycles. The largest absolute Gasteiger partial charge is 0.379 e. The second kappa shape index (κ2) is 17.0. The molecule has 0 saturated carbocycles. The summed E-state index contributed by atoms with van der Waals surface area (Å²) in [6.45, 7) is 10.4. The van der Waals surface area contributed by atoms with Gasteiger partial charge < -0.3 is 20.5 Å². The smallest absolute Gasteiger partial charge is 0.224 e. The lowest BCUT2D eigenvalue weighted by atomic mass is 10.4. The minimum atomic E-state index is -0.666. The predicted octanol–water partition coefficient (Wildman–Crippen LogP) is 2.21. The van der Waals surface area contributed by atoms with Crippen LogP contribution in [0.1, 0.15) is 0 Å². The molecule has 10 nitrogen and oxygen atoms in total. The highest BCUT2D eigenvalue weighted by atomic mass is 35.5. The topological polar surface area (TPSA) is 115 Å². The molecule has 4 heterocycles. The predicted molar refractivity (Wildman–Crippen MR) is 131 cm³/mol. The summed E-state index contributed by atoms with van der Waals surface area (Å²) in [5.41, 5.74) is 5.38. The third-order valence-electron chi connectivity index (χ3n) is 4.76. The molecule has 196 valence electrons. The van der Waals surface area contributed by atoms with E-state index in [1.54, 1.807) is 0 Å². The molecule has 0 radical (unpaired) electrons. The second-order valence-corrected chi connectivity index (χ2v) is 8.27. The minimum absolute atomic E-state index is 0.0419. The van der Waals surface area contributed by atoms with Crippen molar-refractivity contribution in [2.24, 2.45) is 5.73 Å². The van der Waals surface area contributed by atoms with Crippen molar-refractivity contribution in [3.63, 3.8) is 0 Å². The van der Waals surface area contributed by atoms with E-state index >= 15 is 0 Å². The zero-order valence-corrected chi connectivity index (χ0v) is 21.4. The normalized spacial score (nSPS) is 16.5. The van der Waals surface area contributed by atoms with E-state index < -0.39 is 11.6 Å². The number of halogens is 5. The molecule has 0 unspecified atom stereocenters. The Kier molecular flexibility index (Phi) is 14.5. The molecule has 2 saturated heterocycles. The van der Waals surface area contributed by atoms with Crippen molar-refractivity contribution >= 4 is 40.6 Å². The second-order valence-electron chi connectivity index (χ2n) is 7.24. The number of ether oxygens (including phenoxy) is 2. The maximum atomic E-state index is 13.3. The number of morpholine rings is 2. The SMILES string of the molecule is Fc1cnc(Cl)nc1Cl.Fc1cnc(Cl)nc1NCCN1CCOCC1.NCCN1CCOCC1. The quantitative estimate of drug-likeness (QED) is 0.405. The summed E-state index contributed by atoms with van der Waals surface area (Å²) in [5.74, 6) is -1.00. The Hall–Kier alpha value is -1.51. The molecule has 2 aromatic heterocycles. The summed E-state index contributed by atoms with van der Waals surface area (Å²) in [6.07, 6.45) is 1.98. The summed E-state index contributed by atoms with van der Waals surface area (Å²) in [7, 11) is 0. The van der Waals surface area contributed by atoms with E-state index in [1.807, 2.05) is 0 Å². The van der Waals surface area contributed by atoms with Crippen molar-refractivity contribution in [3.8, 4) is 0 Å². The Bertz CT molecular complexity index is 876. The van der Waals surface area contributed by atoms with Crippen molar-refractivity contribution in [3.05, 3.63) is 39.7 Å². The fraction of sp³-hybridized carbons (Fsp3) is 0.600. The fourth-order valence-electron chi connectivity index (χ4n) is 2.96. The molecule has 2 fully saturated rings. The number of hydrogen-bond acceptors (Lipinski definition) is 10. The standard InChI is InChI=1S/C10H14ClFN4O.C6H14N2O.C4HCl2FN2/c11-10-14-7-8(12)9(15-10)13-1-2-16-3-5-17-6-4-16;7-1-2-8-3-5-9-6-4-8;5-3-2(7)1-8-4(6)9-3/h7H,1-6H2,(H,13,14,15);1-7H2;1H. The van der Waals surface area contributed by atoms with Gasteiger partial charge in [-0.05, 0) is 23.2 Å². The van der Waals surface area contributed by atoms with Crippen LogP contribution in [0.15, 0.2) is 12.4 Å². The number of nitrogens with one attached hydrogen (secondary N) is 1. The number of rotatable bonds is 6. The van der Waals surface area contributed by atoms with Crippen LogP contribution in [0.25, 0.3) is 0 Å². The molecule has 4 rings (SSSR count). The average Bonchev–Trinajstić information content (AvgIpc) is 2.86. The first kappa shape index (κ1) is 29.7. The lowest BCUT2D eigenvalue weighted by molar-refractivity contribution is 0.0394. The maximum Gasteiger partial charge on any atom is 0.224 e. The Morgan fingerprint density at radius 2 is 1.34 bits per heavy atom. The van der Waals surface area contributed by atoms with Gasteiger partial charge in [-0.3, -0.25) is 9.80 Å². The molecule has 2 aliphatic heterocycles. The van der Waals surface area contributed by atoms with E-state index in [0.29, 0.717) is 6.54 Å². The van der Waals surface area contributed by atoms with Gasteiger partial charge in [0, 0.05) is 52.4 Å². The first-order chi connectivity index (χ1) is 16.9. The maximum absolute atomic E-state index is 13.3. The van der Waals surface area contributed by atoms with Crippen LogP contribution in [0, 0.1) is 11.6 Å². The van der Waals surface area contributed by atoms with E-state index in [1.165, 1.54) is 0 Å². The highest BCUT2D eigenvalue weighted by Crippen LogP contribution is 2.12. The number of nitrogens with two attached hydrogens (primary N) is 1. The summed E-state index contributed by atoms with van der Waals surface area (Å²) < 4.78 is 35.8. The van der Waals surface area contributed by atoms with Crippen LogP contribution < -0.4 is 11.1 Å². The molecular formula is C20H29Cl3F2N8O2. The summed E-state index contributed by atoms with van der Waals surface area (Å²) in [5, 5.41) is 2.64. The van der Waals surface area contributed by atoms with Crippen LogP contribution >= 0.6 is 34.8 Å². The molecule has 0 bridgehead atoms. The van der Waals surface area contributed by atoms with Crippen LogP contribution in [0.5, 0.6) is 0 Å². The van der Waals surface area contributed by atoms with Crippen molar-refractivity contribution in [1.82, 2.24) is 29.7 Å². The van der Waals surface area contributed by atoms with Crippen molar-refractivity contribution in [1.29, 1.82) is 0 Å². The van der Waals surface area contributed by atoms with E-state index in [4.69, 9.17) is 50.0 Å². The van der Waals surface area contributed by atoms with Crippen LogP contribution in [0.3, 0.4) is 0 Å². The molecule has 0 aliphatic carbocycles. The number of hydrogen-bond donors (Lipinski definition) is 2. The number of anilines is 1. The van der Waals surface area contributed by atoms with Crippen LogP contribution in [0.4, 0.5) is 14.6 Å². The molecule has 35 heavy (non-hydrogen) atoms. The summed E-state index contributed by atoms with van der Waals surface area (Å²) >= 11 is 16.0. The molecule has 0 atom stereocenters. The average molecular weight is 558 g/mol. The number of aromatic nitrogens is 4. The summed E-state index contributed by atoms with van der Waals surface area (Å²) in [4.78, 5) is 18.6. The minimum Gasteiger partial charge on any atom is -0.379 e. The van der Waals surface area contributed by atoms with Gasteiger partial charge in [0.25, 0.3) is 0 Å². The zero-order valence-electron chi connectivity index (χ0n) is 19.1. The highest BCUT2D eigenvalue weighted by Gasteiger charge is 2.11. The van der Waals surface area contributed by atoms with Gasteiger partial charge in [0.2, 0.25) is 10.6 Å². The molecule has 15 heteroatoms. The fourth-order valence-corrected chi connectivity index (χ4v) is 3.40. The molecule has 3 N–H and O–H groups in total. The molecular weight excluding hydrogens is 529 g/mol. The Balaban J connectivity index is 0.000000203. The highest BCUT2D eigenvalue weighted by molar-refractivity contribution is 6.31. The first-order valence-electron chi connectivity index (χ1n) is 10.9. The van der Waals surface area contributed by atoms with Crippen LogP contribution in [-0.2, 0) is 9.47 Å².